The Morgan fingerprint density at radius 2 is 1.59 bits per heavy atom. The van der Waals surface area contributed by atoms with E-state index in [0.717, 1.165) is 49.8 Å². The Balaban J connectivity index is 1.28. The highest BCUT2D eigenvalue weighted by Crippen LogP contribution is 2.75. The number of benzene rings is 1. The van der Waals surface area contributed by atoms with Crippen LogP contribution in [0.1, 0.15) is 112 Å². The summed E-state index contributed by atoms with van der Waals surface area (Å²) < 4.78 is 11.3. The van der Waals surface area contributed by atoms with Gasteiger partial charge in [-0.3, -0.25) is 4.79 Å². The molecular weight excluding hydrogens is 576 g/mol. The summed E-state index contributed by atoms with van der Waals surface area (Å²) in [5, 5.41) is 22.0. The van der Waals surface area contributed by atoms with Gasteiger partial charge in [-0.1, -0.05) is 72.2 Å². The number of hydrogen-bond donors (Lipinski definition) is 2. The molecule has 4 fully saturated rings. The maximum Gasteiger partial charge on any atom is 0.331 e. The van der Waals surface area contributed by atoms with Crippen LogP contribution < -0.4 is 4.74 Å². The second-order valence-corrected chi connectivity index (χ2v) is 17.6. The van der Waals surface area contributed by atoms with E-state index >= 15 is 0 Å². The summed E-state index contributed by atoms with van der Waals surface area (Å²) in [7, 11) is 1.62. The smallest absolute Gasteiger partial charge is 0.331 e. The summed E-state index contributed by atoms with van der Waals surface area (Å²) in [4.78, 5) is 26.5. The molecule has 1 aromatic rings. The lowest BCUT2D eigenvalue weighted by molar-refractivity contribution is -0.210. The number of esters is 1. The number of rotatable bonds is 5. The standard InChI is InChI=1S/C40H56O6/c1-35(2)23-28-27-14-15-30-37(5)19-18-31(41)36(3,4)29(37)17-20-39(30,7)38(27,6)21-22-40(28,34(43)44)24-32(35)46-33(42)16-11-25-9-12-26(45-8)13-10-25/h9-14,16,28-32,41H,15,17-24H2,1-8H3,(H,43,44). The molecular formula is C40H56O6. The number of hydrogen-bond acceptors (Lipinski definition) is 5. The predicted molar refractivity (Wildman–Crippen MR) is 180 cm³/mol. The number of ether oxygens (including phenoxy) is 2. The number of carbonyl (C=O) groups excluding carboxylic acids is 1. The van der Waals surface area contributed by atoms with Crippen LogP contribution in [0.4, 0.5) is 0 Å². The number of allylic oxidation sites excluding steroid dienone is 2. The van der Waals surface area contributed by atoms with Gasteiger partial charge in [0, 0.05) is 17.9 Å². The van der Waals surface area contributed by atoms with Crippen LogP contribution in [-0.4, -0.2) is 41.5 Å². The molecule has 0 aromatic heterocycles. The molecule has 0 aliphatic heterocycles. The summed E-state index contributed by atoms with van der Waals surface area (Å²) in [5.41, 5.74) is 0.903. The highest BCUT2D eigenvalue weighted by molar-refractivity contribution is 5.87. The molecule has 0 spiro atoms. The lowest BCUT2D eigenvalue weighted by atomic mass is 9.33. The van der Waals surface area contributed by atoms with E-state index in [9.17, 15) is 19.8 Å². The molecule has 0 heterocycles. The zero-order valence-electron chi connectivity index (χ0n) is 29.3. The number of methoxy groups -OCH3 is 1. The van der Waals surface area contributed by atoms with Crippen molar-refractivity contribution in [2.24, 2.45) is 50.2 Å². The van der Waals surface area contributed by atoms with E-state index in [1.165, 1.54) is 11.6 Å². The summed E-state index contributed by atoms with van der Waals surface area (Å²) in [5.74, 6) is 0.446. The molecule has 252 valence electrons. The summed E-state index contributed by atoms with van der Waals surface area (Å²) in [6.07, 6.45) is 12.5. The first-order valence-electron chi connectivity index (χ1n) is 17.6. The molecule has 6 heteroatoms. The van der Waals surface area contributed by atoms with Crippen molar-refractivity contribution in [3.8, 4) is 5.75 Å². The van der Waals surface area contributed by atoms with Crippen LogP contribution in [0.15, 0.2) is 42.0 Å². The van der Waals surface area contributed by atoms with Crippen LogP contribution in [0.3, 0.4) is 0 Å². The van der Waals surface area contributed by atoms with Crippen molar-refractivity contribution in [3.63, 3.8) is 0 Å². The molecule has 5 aliphatic rings. The third-order valence-electron chi connectivity index (χ3n) is 15.0. The number of carboxylic acids is 1. The van der Waals surface area contributed by atoms with Crippen LogP contribution in [-0.2, 0) is 14.3 Å². The number of fused-ring (bicyclic) bond motifs is 7. The fraction of sp³-hybridized carbons (Fsp3) is 0.700. The van der Waals surface area contributed by atoms with Gasteiger partial charge in [0.2, 0.25) is 0 Å². The molecule has 4 saturated carbocycles. The van der Waals surface area contributed by atoms with Gasteiger partial charge in [-0.2, -0.15) is 0 Å². The largest absolute Gasteiger partial charge is 0.497 e. The normalized spacial score (nSPS) is 42.5. The monoisotopic (exact) mass is 632 g/mol. The highest BCUT2D eigenvalue weighted by Gasteiger charge is 2.70. The van der Waals surface area contributed by atoms with Crippen molar-refractivity contribution in [1.29, 1.82) is 0 Å². The lowest BCUT2D eigenvalue weighted by Gasteiger charge is -2.71. The van der Waals surface area contributed by atoms with Gasteiger partial charge in [0.05, 0.1) is 18.6 Å². The second kappa shape index (κ2) is 11.0. The van der Waals surface area contributed by atoms with Crippen LogP contribution in [0.25, 0.3) is 6.08 Å². The first-order chi connectivity index (χ1) is 21.4. The molecule has 1 aromatic carbocycles. The second-order valence-electron chi connectivity index (χ2n) is 17.6. The van der Waals surface area contributed by atoms with Crippen LogP contribution in [0.2, 0.25) is 0 Å². The number of aliphatic hydroxyl groups excluding tert-OH is 1. The van der Waals surface area contributed by atoms with E-state index in [4.69, 9.17) is 9.47 Å². The molecule has 5 aliphatic carbocycles. The van der Waals surface area contributed by atoms with Crippen LogP contribution in [0.5, 0.6) is 5.75 Å². The molecule has 9 unspecified atom stereocenters. The van der Waals surface area contributed by atoms with Crippen molar-refractivity contribution >= 4 is 18.0 Å². The van der Waals surface area contributed by atoms with Crippen molar-refractivity contribution in [3.05, 3.63) is 47.6 Å². The quantitative estimate of drug-likeness (QED) is 0.192. The van der Waals surface area contributed by atoms with Gasteiger partial charge in [0.25, 0.3) is 0 Å². The molecule has 9 atom stereocenters. The topological polar surface area (TPSA) is 93.1 Å². The van der Waals surface area contributed by atoms with Crippen molar-refractivity contribution < 1.29 is 29.3 Å². The lowest BCUT2D eigenvalue weighted by Crippen LogP contribution is -2.65. The van der Waals surface area contributed by atoms with Gasteiger partial charge in [-0.25, -0.2) is 4.79 Å². The third-order valence-corrected chi connectivity index (χ3v) is 15.0. The van der Waals surface area contributed by atoms with E-state index in [0.29, 0.717) is 31.1 Å². The van der Waals surface area contributed by atoms with Gasteiger partial charge in [-0.05, 0) is 115 Å². The van der Waals surface area contributed by atoms with E-state index in [-0.39, 0.29) is 39.1 Å². The summed E-state index contributed by atoms with van der Waals surface area (Å²) in [6.45, 7) is 16.3. The summed E-state index contributed by atoms with van der Waals surface area (Å²) >= 11 is 0. The molecule has 0 saturated heterocycles. The Morgan fingerprint density at radius 3 is 2.24 bits per heavy atom. The minimum Gasteiger partial charge on any atom is -0.497 e. The number of carboxylic acid groups (broad SMARTS) is 1. The molecule has 46 heavy (non-hydrogen) atoms. The van der Waals surface area contributed by atoms with Crippen LogP contribution >= 0.6 is 0 Å². The Bertz CT molecular complexity index is 1440. The van der Waals surface area contributed by atoms with E-state index in [2.05, 4.69) is 54.5 Å². The molecule has 0 bridgehead atoms. The minimum atomic E-state index is -0.952. The first kappa shape index (κ1) is 33.3. The van der Waals surface area contributed by atoms with E-state index < -0.39 is 23.5 Å². The number of carbonyl (C=O) groups is 2. The average Bonchev–Trinajstić information content (AvgIpc) is 2.99. The zero-order valence-corrected chi connectivity index (χ0v) is 29.3. The SMILES string of the molecule is COc1ccc(C=CC(=O)OC2CC3(C(=O)O)CCC4(C)C(=CCC5C6(C)CCC(O)C(C)(C)C6CCC54C)C3CC2(C)C)cc1. The first-order valence-corrected chi connectivity index (χ1v) is 17.6. The van der Waals surface area contributed by atoms with Gasteiger partial charge in [0.1, 0.15) is 11.9 Å². The van der Waals surface area contributed by atoms with Crippen molar-refractivity contribution in [2.75, 3.05) is 7.11 Å². The Kier molecular flexibility index (Phi) is 7.94. The minimum absolute atomic E-state index is 0.0606. The molecule has 0 radical (unpaired) electrons. The highest BCUT2D eigenvalue weighted by atomic mass is 16.5. The van der Waals surface area contributed by atoms with Gasteiger partial charge in [-0.15, -0.1) is 0 Å². The fourth-order valence-corrected chi connectivity index (χ4v) is 11.8. The molecule has 6 rings (SSSR count). The fourth-order valence-electron chi connectivity index (χ4n) is 11.8. The zero-order chi connectivity index (χ0) is 33.5. The van der Waals surface area contributed by atoms with Crippen LogP contribution in [0, 0.1) is 50.2 Å². The Hall–Kier alpha value is -2.60. The van der Waals surface area contributed by atoms with Gasteiger partial charge < -0.3 is 19.7 Å². The predicted octanol–water partition coefficient (Wildman–Crippen LogP) is 8.48. The number of aliphatic carboxylic acids is 1. The molecule has 6 nitrogen and oxygen atoms in total. The molecule has 2 N–H and O–H groups in total. The average molecular weight is 633 g/mol. The van der Waals surface area contributed by atoms with Crippen molar-refractivity contribution in [1.82, 2.24) is 0 Å². The van der Waals surface area contributed by atoms with Gasteiger partial charge >= 0.3 is 11.9 Å². The van der Waals surface area contributed by atoms with Crippen molar-refractivity contribution in [2.45, 2.75) is 118 Å². The Morgan fingerprint density at radius 1 is 0.891 bits per heavy atom. The van der Waals surface area contributed by atoms with Gasteiger partial charge in [0.15, 0.2) is 0 Å². The van der Waals surface area contributed by atoms with E-state index in [1.54, 1.807) is 13.2 Å². The maximum absolute atomic E-state index is 13.4. The maximum atomic E-state index is 13.4. The summed E-state index contributed by atoms with van der Waals surface area (Å²) in [6, 6.07) is 7.45. The van der Waals surface area contributed by atoms with E-state index in [1.807, 2.05) is 24.3 Å². The number of aliphatic hydroxyl groups is 1. The Labute approximate surface area is 276 Å². The third kappa shape index (κ3) is 4.74. The molecule has 0 amide bonds.